The molecule has 20 heavy (non-hydrogen) atoms. The molecule has 0 aromatic heterocycles. The van der Waals surface area contributed by atoms with Crippen LogP contribution >= 0.6 is 0 Å². The SMILES string of the molecule is CC1(C)OC([C@H]2COC(C)(C)O2)[C@@H](C2C[C@H]2[N+](=O)[O-])O1. The van der Waals surface area contributed by atoms with Crippen LogP contribution in [0, 0.1) is 16.0 Å². The highest BCUT2D eigenvalue weighted by molar-refractivity contribution is 5.02. The maximum atomic E-state index is 10.9. The molecule has 114 valence electrons. The van der Waals surface area contributed by atoms with Crippen molar-refractivity contribution < 1.29 is 23.9 Å². The summed E-state index contributed by atoms with van der Waals surface area (Å²) in [5.41, 5.74) is 0. The van der Waals surface area contributed by atoms with Crippen LogP contribution in [0.15, 0.2) is 0 Å². The summed E-state index contributed by atoms with van der Waals surface area (Å²) in [5.74, 6) is -1.48. The molecule has 2 aliphatic heterocycles. The Bertz CT molecular complexity index is 423. The van der Waals surface area contributed by atoms with Crippen molar-refractivity contribution in [3.05, 3.63) is 10.1 Å². The second-order valence-electron chi connectivity index (χ2n) is 6.68. The first-order valence-electron chi connectivity index (χ1n) is 6.99. The van der Waals surface area contributed by atoms with Crippen molar-refractivity contribution in [1.82, 2.24) is 0 Å². The minimum Gasteiger partial charge on any atom is -0.348 e. The van der Waals surface area contributed by atoms with Gasteiger partial charge >= 0.3 is 0 Å². The highest BCUT2D eigenvalue weighted by Gasteiger charge is 2.62. The summed E-state index contributed by atoms with van der Waals surface area (Å²) in [6.07, 6.45) is -0.320. The van der Waals surface area contributed by atoms with Gasteiger partial charge in [0.15, 0.2) is 11.6 Å². The van der Waals surface area contributed by atoms with Gasteiger partial charge in [-0.05, 0) is 27.7 Å². The molecule has 3 rings (SSSR count). The fraction of sp³-hybridized carbons (Fsp3) is 1.00. The summed E-state index contributed by atoms with van der Waals surface area (Å²) < 4.78 is 23.2. The zero-order valence-corrected chi connectivity index (χ0v) is 12.2. The van der Waals surface area contributed by atoms with E-state index in [4.69, 9.17) is 18.9 Å². The standard InChI is InChI=1S/C13H21NO6/c1-12(2)17-6-9(18-12)11-10(19-13(3,4)20-11)7-5-8(7)14(15)16/h7-11H,5-6H2,1-4H3/t7?,8-,9-,10-,11?/m1/s1. The Kier molecular flexibility index (Phi) is 3.10. The highest BCUT2D eigenvalue weighted by Crippen LogP contribution is 2.47. The summed E-state index contributed by atoms with van der Waals surface area (Å²) in [7, 11) is 0. The first-order chi connectivity index (χ1) is 9.19. The monoisotopic (exact) mass is 287 g/mol. The average Bonchev–Trinajstić information content (AvgIpc) is 2.94. The van der Waals surface area contributed by atoms with Gasteiger partial charge in [0.05, 0.1) is 18.6 Å². The van der Waals surface area contributed by atoms with Gasteiger partial charge in [-0.25, -0.2) is 0 Å². The van der Waals surface area contributed by atoms with Crippen LogP contribution in [0.25, 0.3) is 0 Å². The maximum absolute atomic E-state index is 10.9. The van der Waals surface area contributed by atoms with Crippen LogP contribution in [0.4, 0.5) is 0 Å². The minimum absolute atomic E-state index is 0.0934. The molecule has 0 radical (unpaired) electrons. The Hall–Kier alpha value is -0.760. The van der Waals surface area contributed by atoms with E-state index in [0.717, 1.165) is 0 Å². The molecule has 0 aromatic rings. The van der Waals surface area contributed by atoms with Crippen LogP contribution < -0.4 is 0 Å². The molecule has 0 spiro atoms. The van der Waals surface area contributed by atoms with Crippen molar-refractivity contribution in [2.24, 2.45) is 5.92 Å². The van der Waals surface area contributed by atoms with Crippen molar-refractivity contribution in [2.75, 3.05) is 6.61 Å². The normalized spacial score (nSPS) is 45.5. The zero-order chi connectivity index (χ0) is 14.7. The van der Waals surface area contributed by atoms with E-state index in [9.17, 15) is 10.1 Å². The van der Waals surface area contributed by atoms with Crippen LogP contribution in [0.5, 0.6) is 0 Å². The van der Waals surface area contributed by atoms with Crippen LogP contribution in [-0.4, -0.2) is 47.5 Å². The van der Waals surface area contributed by atoms with Gasteiger partial charge < -0.3 is 18.9 Å². The number of ether oxygens (including phenoxy) is 4. The second kappa shape index (κ2) is 4.37. The Morgan fingerprint density at radius 1 is 1.05 bits per heavy atom. The minimum atomic E-state index is -0.741. The van der Waals surface area contributed by atoms with Crippen molar-refractivity contribution in [3.8, 4) is 0 Å². The number of hydrogen-bond acceptors (Lipinski definition) is 6. The van der Waals surface area contributed by atoms with E-state index in [0.29, 0.717) is 13.0 Å². The topological polar surface area (TPSA) is 80.1 Å². The summed E-state index contributed by atoms with van der Waals surface area (Å²) in [4.78, 5) is 10.6. The molecule has 0 bridgehead atoms. The summed E-state index contributed by atoms with van der Waals surface area (Å²) in [5, 5.41) is 10.9. The van der Waals surface area contributed by atoms with Crippen molar-refractivity contribution in [3.63, 3.8) is 0 Å². The molecule has 7 nitrogen and oxygen atoms in total. The van der Waals surface area contributed by atoms with Gasteiger partial charge in [-0.15, -0.1) is 0 Å². The fourth-order valence-corrected chi connectivity index (χ4v) is 3.11. The predicted molar refractivity (Wildman–Crippen MR) is 67.6 cm³/mol. The molecular weight excluding hydrogens is 266 g/mol. The van der Waals surface area contributed by atoms with Crippen LogP contribution in [0.2, 0.25) is 0 Å². The van der Waals surface area contributed by atoms with Gasteiger partial charge in [0.2, 0.25) is 6.04 Å². The highest BCUT2D eigenvalue weighted by atomic mass is 16.8. The van der Waals surface area contributed by atoms with Crippen molar-refractivity contribution in [1.29, 1.82) is 0 Å². The van der Waals surface area contributed by atoms with Gasteiger partial charge in [-0.1, -0.05) is 0 Å². The van der Waals surface area contributed by atoms with Gasteiger partial charge in [-0.3, -0.25) is 10.1 Å². The van der Waals surface area contributed by atoms with Gasteiger partial charge in [0, 0.05) is 11.3 Å². The quantitative estimate of drug-likeness (QED) is 0.575. The lowest BCUT2D eigenvalue weighted by atomic mass is 10.0. The third-order valence-electron chi connectivity index (χ3n) is 4.06. The van der Waals surface area contributed by atoms with Crippen molar-refractivity contribution in [2.45, 2.75) is 70.0 Å². The Morgan fingerprint density at radius 3 is 2.20 bits per heavy atom. The Labute approximate surface area is 117 Å². The maximum Gasteiger partial charge on any atom is 0.219 e. The average molecular weight is 287 g/mol. The largest absolute Gasteiger partial charge is 0.348 e. The molecule has 2 unspecified atom stereocenters. The first kappa shape index (κ1) is 14.2. The Balaban J connectivity index is 1.73. The molecule has 0 aromatic carbocycles. The van der Waals surface area contributed by atoms with Gasteiger partial charge in [0.25, 0.3) is 0 Å². The van der Waals surface area contributed by atoms with Crippen LogP contribution in [0.3, 0.4) is 0 Å². The molecule has 2 saturated heterocycles. The van der Waals surface area contributed by atoms with E-state index in [1.807, 2.05) is 27.7 Å². The molecule has 3 aliphatic rings. The molecule has 3 fully saturated rings. The Morgan fingerprint density at radius 2 is 1.70 bits per heavy atom. The van der Waals surface area contributed by atoms with E-state index in [1.165, 1.54) is 0 Å². The lowest BCUT2D eigenvalue weighted by Crippen LogP contribution is -2.40. The van der Waals surface area contributed by atoms with Crippen molar-refractivity contribution >= 4 is 0 Å². The van der Waals surface area contributed by atoms with E-state index >= 15 is 0 Å². The number of nitro groups is 1. The number of nitrogens with zero attached hydrogens (tertiary/aromatic N) is 1. The molecule has 5 atom stereocenters. The van der Waals surface area contributed by atoms with E-state index < -0.39 is 17.6 Å². The van der Waals surface area contributed by atoms with Crippen LogP contribution in [-0.2, 0) is 18.9 Å². The summed E-state index contributed by atoms with van der Waals surface area (Å²) in [6, 6.07) is -0.518. The predicted octanol–water partition coefficient (Wildman–Crippen LogP) is 1.32. The van der Waals surface area contributed by atoms with Gasteiger partial charge in [0.1, 0.15) is 12.2 Å². The molecular formula is C13H21NO6. The molecule has 7 heteroatoms. The van der Waals surface area contributed by atoms with E-state index in [2.05, 4.69) is 0 Å². The molecule has 1 aliphatic carbocycles. The summed E-state index contributed by atoms with van der Waals surface area (Å²) in [6.45, 7) is 7.76. The van der Waals surface area contributed by atoms with E-state index in [1.54, 1.807) is 0 Å². The molecule has 1 saturated carbocycles. The number of rotatable bonds is 3. The molecule has 0 amide bonds. The zero-order valence-electron chi connectivity index (χ0n) is 12.2. The smallest absolute Gasteiger partial charge is 0.219 e. The molecule has 0 N–H and O–H groups in total. The van der Waals surface area contributed by atoms with E-state index in [-0.39, 0.29) is 29.2 Å². The first-order valence-corrected chi connectivity index (χ1v) is 6.99. The lowest BCUT2D eigenvalue weighted by molar-refractivity contribution is -0.499. The van der Waals surface area contributed by atoms with Gasteiger partial charge in [-0.2, -0.15) is 0 Å². The molecule has 2 heterocycles. The fourth-order valence-electron chi connectivity index (χ4n) is 3.11. The third kappa shape index (κ3) is 2.55. The second-order valence-corrected chi connectivity index (χ2v) is 6.68. The van der Waals surface area contributed by atoms with Crippen LogP contribution in [0.1, 0.15) is 34.1 Å². The lowest BCUT2D eigenvalue weighted by Gasteiger charge is -2.23. The third-order valence-corrected chi connectivity index (χ3v) is 4.06. The summed E-state index contributed by atoms with van der Waals surface area (Å²) >= 11 is 0. The number of hydrogen-bond donors (Lipinski definition) is 0.